The highest BCUT2D eigenvalue weighted by atomic mass is 32.2. The molecular weight excluding hydrogens is 230 g/mol. The molecule has 0 bridgehead atoms. The van der Waals surface area contributed by atoms with Crippen LogP contribution in [0.15, 0.2) is 29.2 Å². The van der Waals surface area contributed by atoms with E-state index in [1.165, 1.54) is 18.2 Å². The molecule has 0 saturated heterocycles. The fourth-order valence-electron chi connectivity index (χ4n) is 1.14. The van der Waals surface area contributed by atoms with E-state index in [0.29, 0.717) is 5.56 Å². The minimum absolute atomic E-state index is 0.0000359. The molecule has 0 heterocycles. The average Bonchev–Trinajstić information content (AvgIpc) is 2.14. The van der Waals surface area contributed by atoms with Gasteiger partial charge in [-0.2, -0.15) is 0 Å². The average molecular weight is 241 g/mol. The summed E-state index contributed by atoms with van der Waals surface area (Å²) in [6, 6.07) is 4.31. The number of sulfone groups is 1. The highest BCUT2D eigenvalue weighted by molar-refractivity contribution is 7.90. The number of hydrogen-bond acceptors (Lipinski definition) is 4. The molecule has 1 aromatic carbocycles. The lowest BCUT2D eigenvalue weighted by atomic mass is 10.2. The van der Waals surface area contributed by atoms with E-state index in [9.17, 15) is 13.2 Å². The number of hydrogen-bond donors (Lipinski definition) is 2. The van der Waals surface area contributed by atoms with Crippen LogP contribution in [-0.2, 0) is 14.6 Å². The van der Waals surface area contributed by atoms with Crippen LogP contribution >= 0.6 is 0 Å². The van der Waals surface area contributed by atoms with Crippen molar-refractivity contribution < 1.29 is 18.3 Å². The highest BCUT2D eigenvalue weighted by Crippen LogP contribution is 2.20. The largest absolute Gasteiger partial charge is 0.478 e. The Morgan fingerprint density at radius 3 is 2.56 bits per heavy atom. The number of carboxylic acids is 1. The smallest absolute Gasteiger partial charge is 0.328 e. The molecule has 0 spiro atoms. The molecule has 0 fully saturated rings. The van der Waals surface area contributed by atoms with Crippen molar-refractivity contribution in [3.63, 3.8) is 0 Å². The molecule has 0 aliphatic heterocycles. The molecule has 0 saturated carbocycles. The fourth-order valence-corrected chi connectivity index (χ4v) is 1.99. The summed E-state index contributed by atoms with van der Waals surface area (Å²) in [4.78, 5) is 10.3. The minimum Gasteiger partial charge on any atom is -0.478 e. The number of benzene rings is 1. The first-order valence-corrected chi connectivity index (χ1v) is 6.20. The summed E-state index contributed by atoms with van der Waals surface area (Å²) >= 11 is 0. The number of rotatable bonds is 3. The van der Waals surface area contributed by atoms with Gasteiger partial charge in [0.05, 0.1) is 10.6 Å². The molecule has 86 valence electrons. The number of nitrogen functional groups attached to an aromatic ring is 1. The van der Waals surface area contributed by atoms with Gasteiger partial charge in [0, 0.05) is 12.3 Å². The summed E-state index contributed by atoms with van der Waals surface area (Å²) in [6.07, 6.45) is 3.28. The highest BCUT2D eigenvalue weighted by Gasteiger charge is 2.11. The summed E-state index contributed by atoms with van der Waals surface area (Å²) in [6.45, 7) is 0. The zero-order valence-electron chi connectivity index (χ0n) is 8.54. The Kier molecular flexibility index (Phi) is 3.34. The van der Waals surface area contributed by atoms with Crippen LogP contribution in [0.25, 0.3) is 6.08 Å². The van der Waals surface area contributed by atoms with Crippen molar-refractivity contribution in [2.75, 3.05) is 12.0 Å². The lowest BCUT2D eigenvalue weighted by molar-refractivity contribution is -0.131. The van der Waals surface area contributed by atoms with Crippen LogP contribution in [0.5, 0.6) is 0 Å². The minimum atomic E-state index is -3.40. The number of nitrogens with two attached hydrogens (primary N) is 1. The topological polar surface area (TPSA) is 97.5 Å². The van der Waals surface area contributed by atoms with Crippen LogP contribution in [0.1, 0.15) is 5.56 Å². The van der Waals surface area contributed by atoms with Crippen molar-refractivity contribution in [1.29, 1.82) is 0 Å². The van der Waals surface area contributed by atoms with E-state index in [1.54, 1.807) is 6.07 Å². The second kappa shape index (κ2) is 4.36. The number of carboxylic acid groups (broad SMARTS) is 1. The third kappa shape index (κ3) is 3.09. The molecule has 0 radical (unpaired) electrons. The van der Waals surface area contributed by atoms with E-state index >= 15 is 0 Å². The summed E-state index contributed by atoms with van der Waals surface area (Å²) in [5, 5.41) is 8.43. The zero-order valence-corrected chi connectivity index (χ0v) is 9.36. The lowest BCUT2D eigenvalue weighted by Crippen LogP contribution is -2.02. The maximum Gasteiger partial charge on any atom is 0.328 e. The number of anilines is 1. The maximum absolute atomic E-state index is 11.3. The third-order valence-corrected chi connectivity index (χ3v) is 3.01. The Morgan fingerprint density at radius 2 is 2.06 bits per heavy atom. The van der Waals surface area contributed by atoms with Gasteiger partial charge in [0.25, 0.3) is 0 Å². The van der Waals surface area contributed by atoms with Gasteiger partial charge in [0.1, 0.15) is 0 Å². The molecular formula is C10H11NO4S. The maximum atomic E-state index is 11.3. The van der Waals surface area contributed by atoms with Gasteiger partial charge >= 0.3 is 5.97 Å². The predicted molar refractivity (Wildman–Crippen MR) is 60.6 cm³/mol. The summed E-state index contributed by atoms with van der Waals surface area (Å²) in [7, 11) is -3.40. The standard InChI is InChI=1S/C10H11NO4S/c1-16(14,15)9-6-7(2-4-8(9)11)3-5-10(12)13/h2-6H,11H2,1H3,(H,12,13)/b5-3+. The number of aliphatic carboxylic acids is 1. The van der Waals surface area contributed by atoms with Crippen LogP contribution in [-0.4, -0.2) is 25.7 Å². The zero-order chi connectivity index (χ0) is 12.3. The molecule has 1 aromatic rings. The fraction of sp³-hybridized carbons (Fsp3) is 0.100. The lowest BCUT2D eigenvalue weighted by Gasteiger charge is -2.04. The van der Waals surface area contributed by atoms with Gasteiger partial charge in [0.15, 0.2) is 9.84 Å². The van der Waals surface area contributed by atoms with Crippen LogP contribution in [0.2, 0.25) is 0 Å². The van der Waals surface area contributed by atoms with E-state index in [4.69, 9.17) is 10.8 Å². The van der Waals surface area contributed by atoms with Gasteiger partial charge in [-0.3, -0.25) is 0 Å². The second-order valence-electron chi connectivity index (χ2n) is 3.24. The second-order valence-corrected chi connectivity index (χ2v) is 5.23. The summed E-state index contributed by atoms with van der Waals surface area (Å²) in [5.74, 6) is -1.10. The van der Waals surface area contributed by atoms with Crippen molar-refractivity contribution in [3.05, 3.63) is 29.8 Å². The molecule has 0 amide bonds. The van der Waals surface area contributed by atoms with Crippen molar-refractivity contribution in [1.82, 2.24) is 0 Å². The monoisotopic (exact) mass is 241 g/mol. The Bertz CT molecular complexity index is 546. The Labute approximate surface area is 93.1 Å². The molecule has 0 aromatic heterocycles. The molecule has 0 aliphatic carbocycles. The molecule has 0 unspecified atom stereocenters. The molecule has 0 atom stereocenters. The van der Waals surface area contributed by atoms with Crippen LogP contribution in [0.4, 0.5) is 5.69 Å². The first-order valence-electron chi connectivity index (χ1n) is 4.31. The van der Waals surface area contributed by atoms with Crippen molar-refractivity contribution in [2.45, 2.75) is 4.90 Å². The normalized spacial score (nSPS) is 11.8. The quantitative estimate of drug-likeness (QED) is 0.601. The van der Waals surface area contributed by atoms with E-state index in [2.05, 4.69) is 0 Å². The van der Waals surface area contributed by atoms with Gasteiger partial charge in [-0.1, -0.05) is 6.07 Å². The van der Waals surface area contributed by atoms with Gasteiger partial charge in [-0.25, -0.2) is 13.2 Å². The van der Waals surface area contributed by atoms with Crippen molar-refractivity contribution in [2.24, 2.45) is 0 Å². The van der Waals surface area contributed by atoms with Gasteiger partial charge in [-0.05, 0) is 23.8 Å². The van der Waals surface area contributed by atoms with E-state index < -0.39 is 15.8 Å². The van der Waals surface area contributed by atoms with E-state index in [-0.39, 0.29) is 10.6 Å². The molecule has 16 heavy (non-hydrogen) atoms. The molecule has 0 aliphatic rings. The predicted octanol–water partition coefficient (Wildman–Crippen LogP) is 0.770. The SMILES string of the molecule is CS(=O)(=O)c1cc(/C=C/C(=O)O)ccc1N. The Morgan fingerprint density at radius 1 is 1.44 bits per heavy atom. The number of carbonyl (C=O) groups is 1. The molecule has 5 nitrogen and oxygen atoms in total. The first-order chi connectivity index (χ1) is 7.30. The molecule has 1 rings (SSSR count). The van der Waals surface area contributed by atoms with Crippen LogP contribution in [0.3, 0.4) is 0 Å². The van der Waals surface area contributed by atoms with Crippen LogP contribution < -0.4 is 5.73 Å². The van der Waals surface area contributed by atoms with Gasteiger partial charge < -0.3 is 10.8 Å². The van der Waals surface area contributed by atoms with Gasteiger partial charge in [0.2, 0.25) is 0 Å². The summed E-state index contributed by atoms with van der Waals surface area (Å²) < 4.78 is 22.6. The van der Waals surface area contributed by atoms with Crippen molar-refractivity contribution >= 4 is 27.6 Å². The van der Waals surface area contributed by atoms with Gasteiger partial charge in [-0.15, -0.1) is 0 Å². The van der Waals surface area contributed by atoms with E-state index in [1.807, 2.05) is 0 Å². The first kappa shape index (κ1) is 12.3. The van der Waals surface area contributed by atoms with E-state index in [0.717, 1.165) is 12.3 Å². The Balaban J connectivity index is 3.23. The Hall–Kier alpha value is -1.82. The third-order valence-electron chi connectivity index (χ3n) is 1.86. The molecule has 6 heteroatoms. The van der Waals surface area contributed by atoms with Crippen molar-refractivity contribution in [3.8, 4) is 0 Å². The summed E-state index contributed by atoms with van der Waals surface area (Å²) in [5.41, 5.74) is 6.13. The molecule has 3 N–H and O–H groups in total. The van der Waals surface area contributed by atoms with Crippen LogP contribution in [0, 0.1) is 0 Å².